The number of nitrogens with one attached hydrogen (secondary N) is 1. The van der Waals surface area contributed by atoms with Gasteiger partial charge in [-0.2, -0.15) is 0 Å². The van der Waals surface area contributed by atoms with Gasteiger partial charge in [0, 0.05) is 17.7 Å². The molecule has 2 aromatic rings. The number of phenolic OH excluding ortho intramolecular Hbond substituents is 1. The van der Waals surface area contributed by atoms with E-state index in [9.17, 15) is 34.7 Å². The average Bonchev–Trinajstić information content (AvgIpc) is 3.16. The molecule has 10 heteroatoms. The molecule has 4 rings (SSSR count). The Morgan fingerprint density at radius 2 is 1.77 bits per heavy atom. The third kappa shape index (κ3) is 2.57. The van der Waals surface area contributed by atoms with Crippen LogP contribution in [0.3, 0.4) is 0 Å². The van der Waals surface area contributed by atoms with Gasteiger partial charge in [-0.1, -0.05) is 30.3 Å². The van der Waals surface area contributed by atoms with E-state index in [2.05, 4.69) is 5.32 Å². The number of rotatable bonds is 4. The number of anilines is 1. The topological polar surface area (TPSA) is 150 Å². The highest BCUT2D eigenvalue weighted by Crippen LogP contribution is 2.51. The third-order valence-corrected chi connectivity index (χ3v) is 5.82. The highest BCUT2D eigenvalue weighted by Gasteiger charge is 2.67. The lowest BCUT2D eigenvalue weighted by Crippen LogP contribution is -2.53. The van der Waals surface area contributed by atoms with Gasteiger partial charge < -0.3 is 10.2 Å². The molecule has 10 nitrogen and oxygen atoms in total. The summed E-state index contributed by atoms with van der Waals surface area (Å²) in [5.41, 5.74) is -2.20. The summed E-state index contributed by atoms with van der Waals surface area (Å²) in [7, 11) is 0. The van der Waals surface area contributed by atoms with Crippen LogP contribution in [-0.4, -0.2) is 38.5 Å². The number of imide groups is 1. The standard InChI is InChI=1S/C20H17N3O7/c1-20(19(27)28)15-14(16(21-20)10-6-2-5-9-13(10)24)17(25)22(18(15)26)11-7-3-4-8-12(11)23(29)30/h2-9,14-16,21,24H,1H3,(H,27,28)/t14-,15+,16+,20-/m0/s1. The lowest BCUT2D eigenvalue weighted by Gasteiger charge is -2.27. The van der Waals surface area contributed by atoms with Crippen molar-refractivity contribution >= 4 is 29.2 Å². The molecule has 30 heavy (non-hydrogen) atoms. The van der Waals surface area contributed by atoms with E-state index in [1.54, 1.807) is 12.1 Å². The molecule has 2 aliphatic heterocycles. The van der Waals surface area contributed by atoms with E-state index in [-0.39, 0.29) is 17.0 Å². The molecule has 0 spiro atoms. The number of benzene rings is 2. The molecule has 0 saturated carbocycles. The Morgan fingerprint density at radius 1 is 1.13 bits per heavy atom. The van der Waals surface area contributed by atoms with Gasteiger partial charge in [-0.3, -0.25) is 29.8 Å². The number of aliphatic carboxylic acids is 1. The van der Waals surface area contributed by atoms with Gasteiger partial charge in [-0.05, 0) is 19.1 Å². The van der Waals surface area contributed by atoms with Gasteiger partial charge in [-0.15, -0.1) is 0 Å². The van der Waals surface area contributed by atoms with Crippen LogP contribution in [-0.2, 0) is 14.4 Å². The summed E-state index contributed by atoms with van der Waals surface area (Å²) in [4.78, 5) is 50.1. The van der Waals surface area contributed by atoms with E-state index >= 15 is 0 Å². The van der Waals surface area contributed by atoms with Gasteiger partial charge in [0.2, 0.25) is 11.8 Å². The van der Waals surface area contributed by atoms with Gasteiger partial charge in [0.25, 0.3) is 5.69 Å². The molecule has 3 N–H and O–H groups in total. The highest BCUT2D eigenvalue weighted by molar-refractivity contribution is 6.25. The quantitative estimate of drug-likeness (QED) is 0.390. The van der Waals surface area contributed by atoms with Gasteiger partial charge in [0.05, 0.1) is 16.8 Å². The number of nitro benzene ring substituents is 1. The fourth-order valence-electron chi connectivity index (χ4n) is 4.40. The average molecular weight is 411 g/mol. The maximum Gasteiger partial charge on any atom is 0.324 e. The summed E-state index contributed by atoms with van der Waals surface area (Å²) < 4.78 is 0. The number of phenols is 1. The number of amides is 2. The van der Waals surface area contributed by atoms with Gasteiger partial charge in [0.1, 0.15) is 17.0 Å². The molecule has 2 aliphatic rings. The zero-order valence-electron chi connectivity index (χ0n) is 15.7. The number of nitrogens with zero attached hydrogens (tertiary/aromatic N) is 2. The van der Waals surface area contributed by atoms with E-state index in [0.29, 0.717) is 4.90 Å². The molecule has 0 unspecified atom stereocenters. The summed E-state index contributed by atoms with van der Waals surface area (Å²) in [6.07, 6.45) is 0. The summed E-state index contributed by atoms with van der Waals surface area (Å²) in [5.74, 6) is -5.58. The van der Waals surface area contributed by atoms with Crippen molar-refractivity contribution in [2.45, 2.75) is 18.5 Å². The van der Waals surface area contributed by atoms with Crippen LogP contribution in [0.2, 0.25) is 0 Å². The number of aromatic hydroxyl groups is 1. The SMILES string of the molecule is C[C@]1(C(=O)O)N[C@H](c2ccccc2O)[C@H]2C(=O)N(c3ccccc3[N+](=O)[O-])C(=O)[C@@H]21. The Hall–Kier alpha value is -3.79. The number of carbonyl (C=O) groups is 3. The molecule has 154 valence electrons. The Morgan fingerprint density at radius 3 is 2.40 bits per heavy atom. The summed E-state index contributed by atoms with van der Waals surface area (Å²) in [6, 6.07) is 10.4. The first kappa shape index (κ1) is 19.5. The smallest absolute Gasteiger partial charge is 0.324 e. The molecule has 0 bridgehead atoms. The molecule has 0 radical (unpaired) electrons. The Balaban J connectivity index is 1.88. The molecule has 4 atom stereocenters. The summed E-state index contributed by atoms with van der Waals surface area (Å²) in [6.45, 7) is 1.29. The molecular formula is C20H17N3O7. The number of hydrogen-bond donors (Lipinski definition) is 3. The number of carbonyl (C=O) groups excluding carboxylic acids is 2. The summed E-state index contributed by atoms with van der Waals surface area (Å²) in [5, 5.41) is 34.4. The van der Waals surface area contributed by atoms with Crippen molar-refractivity contribution in [3.63, 3.8) is 0 Å². The number of nitro groups is 1. The maximum absolute atomic E-state index is 13.3. The molecule has 2 aromatic carbocycles. The molecule has 2 fully saturated rings. The minimum atomic E-state index is -1.82. The van der Waals surface area contributed by atoms with Crippen LogP contribution in [0.4, 0.5) is 11.4 Å². The second-order valence-electron chi connectivity index (χ2n) is 7.45. The minimum absolute atomic E-state index is 0.159. The molecule has 2 heterocycles. The van der Waals surface area contributed by atoms with Crippen molar-refractivity contribution in [1.82, 2.24) is 5.32 Å². The lowest BCUT2D eigenvalue weighted by atomic mass is 9.80. The molecule has 0 aliphatic carbocycles. The van der Waals surface area contributed by atoms with E-state index in [0.717, 1.165) is 0 Å². The Kier molecular flexibility index (Phi) is 4.31. The normalized spacial score (nSPS) is 27.9. The van der Waals surface area contributed by atoms with Crippen molar-refractivity contribution in [3.05, 3.63) is 64.2 Å². The van der Waals surface area contributed by atoms with Gasteiger partial charge in [-0.25, -0.2) is 4.90 Å². The van der Waals surface area contributed by atoms with Crippen molar-refractivity contribution in [2.24, 2.45) is 11.8 Å². The number of carboxylic acids is 1. The third-order valence-electron chi connectivity index (χ3n) is 5.82. The second-order valence-corrected chi connectivity index (χ2v) is 7.45. The first-order valence-electron chi connectivity index (χ1n) is 9.08. The van der Waals surface area contributed by atoms with E-state index in [4.69, 9.17) is 0 Å². The summed E-state index contributed by atoms with van der Waals surface area (Å²) >= 11 is 0. The maximum atomic E-state index is 13.3. The largest absolute Gasteiger partial charge is 0.508 e. The minimum Gasteiger partial charge on any atom is -0.508 e. The lowest BCUT2D eigenvalue weighted by molar-refractivity contribution is -0.384. The Bertz CT molecular complexity index is 1100. The number of fused-ring (bicyclic) bond motifs is 1. The van der Waals surface area contributed by atoms with Crippen LogP contribution < -0.4 is 10.2 Å². The molecular weight excluding hydrogens is 394 g/mol. The second kappa shape index (κ2) is 6.63. The van der Waals surface area contributed by atoms with Crippen LogP contribution >= 0.6 is 0 Å². The first-order valence-corrected chi connectivity index (χ1v) is 9.08. The fourth-order valence-corrected chi connectivity index (χ4v) is 4.40. The number of carboxylic acid groups (broad SMARTS) is 1. The molecule has 0 aromatic heterocycles. The predicted octanol–water partition coefficient (Wildman–Crippen LogP) is 1.59. The monoisotopic (exact) mass is 411 g/mol. The predicted molar refractivity (Wildman–Crippen MR) is 103 cm³/mol. The Labute approximate surface area is 169 Å². The number of para-hydroxylation sites is 3. The van der Waals surface area contributed by atoms with Crippen LogP contribution in [0, 0.1) is 22.0 Å². The van der Waals surface area contributed by atoms with E-state index in [1.807, 2.05) is 0 Å². The molecule has 2 saturated heterocycles. The number of hydrogen-bond acceptors (Lipinski definition) is 7. The van der Waals surface area contributed by atoms with Crippen LogP contribution in [0.15, 0.2) is 48.5 Å². The molecule has 2 amide bonds. The van der Waals surface area contributed by atoms with Gasteiger partial charge in [0.15, 0.2) is 0 Å². The van der Waals surface area contributed by atoms with Gasteiger partial charge >= 0.3 is 5.97 Å². The van der Waals surface area contributed by atoms with Crippen LogP contribution in [0.25, 0.3) is 0 Å². The van der Waals surface area contributed by atoms with Crippen molar-refractivity contribution in [1.29, 1.82) is 0 Å². The first-order chi connectivity index (χ1) is 14.2. The zero-order chi connectivity index (χ0) is 21.8. The fraction of sp³-hybridized carbons (Fsp3) is 0.250. The van der Waals surface area contributed by atoms with Crippen molar-refractivity contribution in [3.8, 4) is 5.75 Å². The van der Waals surface area contributed by atoms with E-state index in [1.165, 1.54) is 43.3 Å². The van der Waals surface area contributed by atoms with Crippen LogP contribution in [0.1, 0.15) is 18.5 Å². The highest BCUT2D eigenvalue weighted by atomic mass is 16.6. The zero-order valence-corrected chi connectivity index (χ0v) is 15.7. The van der Waals surface area contributed by atoms with Crippen LogP contribution in [0.5, 0.6) is 5.75 Å². The van der Waals surface area contributed by atoms with E-state index < -0.39 is 51.8 Å². The van der Waals surface area contributed by atoms with Crippen molar-refractivity contribution < 1.29 is 29.5 Å². The van der Waals surface area contributed by atoms with Crippen molar-refractivity contribution in [2.75, 3.05) is 4.90 Å².